The number of alkyl halides is 3. The van der Waals surface area contributed by atoms with E-state index in [1.807, 2.05) is 7.05 Å². The maximum absolute atomic E-state index is 13.9. The Bertz CT molecular complexity index is 1180. The smallest absolute Gasteiger partial charge is 0.417 e. The van der Waals surface area contributed by atoms with Crippen LogP contribution in [0.1, 0.15) is 30.0 Å². The van der Waals surface area contributed by atoms with Crippen molar-refractivity contribution in [3.63, 3.8) is 0 Å². The third-order valence-corrected chi connectivity index (χ3v) is 5.44. The molecule has 1 aliphatic rings. The van der Waals surface area contributed by atoms with Crippen molar-refractivity contribution >= 4 is 16.7 Å². The van der Waals surface area contributed by atoms with Crippen LogP contribution in [-0.2, 0) is 6.18 Å². The standard InChI is InChI=1S/C19H17F3N6O/c1-27-6-4-11(5-7-27)14-8-13(19(20,21)22)12-2-3-16-24-15(18-26-23-10-29-18)9-28(16)17(12)25-14/h2-3,8-11H,4-7H2,1H3. The van der Waals surface area contributed by atoms with Gasteiger partial charge >= 0.3 is 6.18 Å². The molecule has 0 N–H and O–H groups in total. The van der Waals surface area contributed by atoms with Gasteiger partial charge in [0, 0.05) is 23.2 Å². The van der Waals surface area contributed by atoms with Crippen molar-refractivity contribution < 1.29 is 17.6 Å². The Kier molecular flexibility index (Phi) is 4.05. The number of hydrogen-bond donors (Lipinski definition) is 0. The van der Waals surface area contributed by atoms with E-state index in [-0.39, 0.29) is 22.8 Å². The molecule has 0 aromatic carbocycles. The molecule has 150 valence electrons. The summed E-state index contributed by atoms with van der Waals surface area (Å²) in [5, 5.41) is 7.48. The summed E-state index contributed by atoms with van der Waals surface area (Å²) in [5.74, 6) is 0.190. The van der Waals surface area contributed by atoms with E-state index < -0.39 is 11.7 Å². The minimum Gasteiger partial charge on any atom is -0.422 e. The topological polar surface area (TPSA) is 72.4 Å². The van der Waals surface area contributed by atoms with Gasteiger partial charge in [0.25, 0.3) is 5.89 Å². The molecule has 4 aromatic heterocycles. The lowest BCUT2D eigenvalue weighted by molar-refractivity contribution is -0.136. The first-order valence-corrected chi connectivity index (χ1v) is 9.25. The van der Waals surface area contributed by atoms with Crippen molar-refractivity contribution in [2.45, 2.75) is 24.9 Å². The van der Waals surface area contributed by atoms with E-state index in [9.17, 15) is 13.2 Å². The summed E-state index contributed by atoms with van der Waals surface area (Å²) in [6.45, 7) is 1.67. The zero-order chi connectivity index (χ0) is 20.2. The number of fused-ring (bicyclic) bond motifs is 3. The number of piperidine rings is 1. The molecule has 0 radical (unpaired) electrons. The molecule has 0 spiro atoms. The molecule has 5 heterocycles. The maximum Gasteiger partial charge on any atom is 0.417 e. The van der Waals surface area contributed by atoms with E-state index in [1.54, 1.807) is 10.6 Å². The highest BCUT2D eigenvalue weighted by molar-refractivity contribution is 5.83. The second-order valence-electron chi connectivity index (χ2n) is 7.34. The highest BCUT2D eigenvalue weighted by atomic mass is 19.4. The second-order valence-corrected chi connectivity index (χ2v) is 7.34. The van der Waals surface area contributed by atoms with Crippen molar-refractivity contribution in [3.8, 4) is 11.6 Å². The van der Waals surface area contributed by atoms with Crippen LogP contribution in [0, 0.1) is 0 Å². The highest BCUT2D eigenvalue weighted by Gasteiger charge is 2.35. The molecule has 1 saturated heterocycles. The van der Waals surface area contributed by atoms with Gasteiger partial charge in [-0.3, -0.25) is 4.40 Å². The fraction of sp³-hybridized carbons (Fsp3) is 0.368. The van der Waals surface area contributed by atoms with Crippen molar-refractivity contribution in [1.29, 1.82) is 0 Å². The zero-order valence-corrected chi connectivity index (χ0v) is 15.5. The van der Waals surface area contributed by atoms with Gasteiger partial charge in [0.1, 0.15) is 17.0 Å². The molecular formula is C19H17F3N6O. The maximum atomic E-state index is 13.9. The predicted molar refractivity (Wildman–Crippen MR) is 98.3 cm³/mol. The summed E-state index contributed by atoms with van der Waals surface area (Å²) in [6.07, 6.45) is -0.170. The van der Waals surface area contributed by atoms with Crippen LogP contribution in [0.4, 0.5) is 13.2 Å². The van der Waals surface area contributed by atoms with Crippen LogP contribution in [0.3, 0.4) is 0 Å². The summed E-state index contributed by atoms with van der Waals surface area (Å²) >= 11 is 0. The first kappa shape index (κ1) is 18.0. The van der Waals surface area contributed by atoms with E-state index in [4.69, 9.17) is 4.42 Å². The van der Waals surface area contributed by atoms with E-state index >= 15 is 0 Å². The minimum absolute atomic E-state index is 0.00844. The fourth-order valence-corrected chi connectivity index (χ4v) is 3.88. The van der Waals surface area contributed by atoms with Crippen LogP contribution in [0.5, 0.6) is 0 Å². The van der Waals surface area contributed by atoms with Crippen LogP contribution in [0.25, 0.3) is 28.3 Å². The molecular weight excluding hydrogens is 385 g/mol. The average Bonchev–Trinajstić information content (AvgIpc) is 3.36. The van der Waals surface area contributed by atoms with Gasteiger partial charge in [-0.15, -0.1) is 10.2 Å². The van der Waals surface area contributed by atoms with E-state index in [2.05, 4.69) is 25.1 Å². The number of aromatic nitrogens is 5. The SMILES string of the molecule is CN1CCC(c2cc(C(F)(F)F)c3ccc4nc(-c5nnco5)cn4c3n2)CC1. The molecule has 7 nitrogen and oxygen atoms in total. The lowest BCUT2D eigenvalue weighted by Crippen LogP contribution is -2.29. The zero-order valence-electron chi connectivity index (χ0n) is 15.5. The average molecular weight is 402 g/mol. The Labute approximate surface area is 163 Å². The van der Waals surface area contributed by atoms with Crippen LogP contribution in [-0.4, -0.2) is 49.6 Å². The van der Waals surface area contributed by atoms with Gasteiger partial charge in [-0.05, 0) is 51.2 Å². The third-order valence-electron chi connectivity index (χ3n) is 5.44. The molecule has 1 fully saturated rings. The van der Waals surface area contributed by atoms with Crippen LogP contribution < -0.4 is 0 Å². The van der Waals surface area contributed by atoms with E-state index in [0.29, 0.717) is 17.0 Å². The molecule has 4 aromatic rings. The number of likely N-dealkylation sites (tertiary alicyclic amines) is 1. The Balaban J connectivity index is 1.73. The van der Waals surface area contributed by atoms with Crippen LogP contribution in [0.15, 0.2) is 35.2 Å². The summed E-state index contributed by atoms with van der Waals surface area (Å²) in [5.41, 5.74) is 0.872. The fourth-order valence-electron chi connectivity index (χ4n) is 3.88. The molecule has 0 atom stereocenters. The monoisotopic (exact) mass is 402 g/mol. The van der Waals surface area contributed by atoms with Crippen molar-refractivity contribution in [1.82, 2.24) is 29.5 Å². The molecule has 10 heteroatoms. The van der Waals surface area contributed by atoms with Crippen LogP contribution >= 0.6 is 0 Å². The molecule has 29 heavy (non-hydrogen) atoms. The number of nitrogens with zero attached hydrogens (tertiary/aromatic N) is 6. The van der Waals surface area contributed by atoms with Crippen molar-refractivity contribution in [3.05, 3.63) is 42.0 Å². The highest BCUT2D eigenvalue weighted by Crippen LogP contribution is 2.38. The van der Waals surface area contributed by atoms with E-state index in [1.165, 1.54) is 24.6 Å². The largest absolute Gasteiger partial charge is 0.422 e. The number of imidazole rings is 1. The first-order chi connectivity index (χ1) is 13.9. The van der Waals surface area contributed by atoms with Crippen LogP contribution in [0.2, 0.25) is 0 Å². The summed E-state index contributed by atoms with van der Waals surface area (Å²) in [7, 11) is 2.01. The van der Waals surface area contributed by atoms with Gasteiger partial charge in [0.05, 0.1) is 5.56 Å². The van der Waals surface area contributed by atoms with E-state index in [0.717, 1.165) is 25.9 Å². The van der Waals surface area contributed by atoms with Gasteiger partial charge in [-0.1, -0.05) is 0 Å². The number of halogens is 3. The molecule has 0 saturated carbocycles. The van der Waals surface area contributed by atoms with Gasteiger partial charge in [0.2, 0.25) is 6.39 Å². The molecule has 0 unspecified atom stereocenters. The molecule has 0 aliphatic carbocycles. The lowest BCUT2D eigenvalue weighted by atomic mass is 9.92. The number of rotatable bonds is 2. The first-order valence-electron chi connectivity index (χ1n) is 9.25. The van der Waals surface area contributed by atoms with Gasteiger partial charge in [0.15, 0.2) is 0 Å². The van der Waals surface area contributed by atoms with Crippen molar-refractivity contribution in [2.24, 2.45) is 0 Å². The molecule has 5 rings (SSSR count). The molecule has 0 amide bonds. The molecule has 1 aliphatic heterocycles. The normalized spacial score (nSPS) is 16.8. The van der Waals surface area contributed by atoms with Crippen molar-refractivity contribution in [2.75, 3.05) is 20.1 Å². The Morgan fingerprint density at radius 1 is 1.14 bits per heavy atom. The Hall–Kier alpha value is -3.01. The summed E-state index contributed by atoms with van der Waals surface area (Å²) < 4.78 is 48.3. The molecule has 0 bridgehead atoms. The Morgan fingerprint density at radius 2 is 1.93 bits per heavy atom. The summed E-state index contributed by atoms with van der Waals surface area (Å²) in [6, 6.07) is 4.16. The van der Waals surface area contributed by atoms with Gasteiger partial charge in [-0.25, -0.2) is 9.97 Å². The number of pyridine rings is 2. The quantitative estimate of drug-likeness (QED) is 0.508. The third kappa shape index (κ3) is 3.13. The Morgan fingerprint density at radius 3 is 2.62 bits per heavy atom. The lowest BCUT2D eigenvalue weighted by Gasteiger charge is -2.29. The summed E-state index contributed by atoms with van der Waals surface area (Å²) in [4.78, 5) is 11.2. The van der Waals surface area contributed by atoms with Gasteiger partial charge in [-0.2, -0.15) is 13.2 Å². The predicted octanol–water partition coefficient (Wildman–Crippen LogP) is 3.76. The number of hydrogen-bond acceptors (Lipinski definition) is 6. The van der Waals surface area contributed by atoms with Gasteiger partial charge < -0.3 is 9.32 Å². The second kappa shape index (κ2) is 6.51. The minimum atomic E-state index is -4.48.